The van der Waals surface area contributed by atoms with Gasteiger partial charge in [0.05, 0.1) is 24.2 Å². The highest BCUT2D eigenvalue weighted by Crippen LogP contribution is 2.18. The normalized spacial score (nSPS) is 11.4. The zero-order valence-corrected chi connectivity index (χ0v) is 12.4. The average Bonchev–Trinajstić information content (AvgIpc) is 2.58. The molecule has 7 nitrogen and oxygen atoms in total. The zero-order chi connectivity index (χ0) is 15.8. The van der Waals surface area contributed by atoms with Crippen LogP contribution in [0.3, 0.4) is 0 Å². The van der Waals surface area contributed by atoms with Crippen molar-refractivity contribution in [2.45, 2.75) is 6.42 Å². The summed E-state index contributed by atoms with van der Waals surface area (Å²) < 4.78 is 5.58. The summed E-state index contributed by atoms with van der Waals surface area (Å²) in [5.41, 5.74) is 7.49. The maximum atomic E-state index is 8.71. The lowest BCUT2D eigenvalue weighted by Crippen LogP contribution is -2.13. The lowest BCUT2D eigenvalue weighted by molar-refractivity contribution is 0.308. The Morgan fingerprint density at radius 3 is 2.86 bits per heavy atom. The average molecular weight is 301 g/mol. The molecule has 0 aliphatic rings. The van der Waals surface area contributed by atoms with Gasteiger partial charge in [-0.2, -0.15) is 0 Å². The van der Waals surface area contributed by atoms with Gasteiger partial charge in [0.1, 0.15) is 5.75 Å². The van der Waals surface area contributed by atoms with Crippen molar-refractivity contribution in [3.63, 3.8) is 0 Å². The largest absolute Gasteiger partial charge is 0.492 e. The molecule has 0 unspecified atom stereocenters. The molecule has 0 amide bonds. The molecule has 2 aromatic rings. The summed E-state index contributed by atoms with van der Waals surface area (Å²) >= 11 is 0. The van der Waals surface area contributed by atoms with E-state index in [1.807, 2.05) is 19.2 Å². The number of nitrogens with two attached hydrogens (primary N) is 1. The summed E-state index contributed by atoms with van der Waals surface area (Å²) in [5, 5.41) is 14.8. The molecule has 0 aliphatic heterocycles. The van der Waals surface area contributed by atoms with Crippen molar-refractivity contribution in [2.75, 3.05) is 20.2 Å². The van der Waals surface area contributed by atoms with Crippen LogP contribution in [0.2, 0.25) is 0 Å². The maximum Gasteiger partial charge on any atom is 0.170 e. The number of hydrogen-bond acceptors (Lipinski definition) is 6. The number of oxime groups is 1. The smallest absolute Gasteiger partial charge is 0.170 e. The summed E-state index contributed by atoms with van der Waals surface area (Å²) in [4.78, 5) is 8.57. The van der Waals surface area contributed by atoms with E-state index in [-0.39, 0.29) is 5.84 Å². The van der Waals surface area contributed by atoms with E-state index in [9.17, 15) is 0 Å². The second-order valence-corrected chi connectivity index (χ2v) is 4.60. The first-order chi connectivity index (χ1) is 10.7. The monoisotopic (exact) mass is 301 g/mol. The van der Waals surface area contributed by atoms with Crippen LogP contribution in [0.15, 0.2) is 41.8 Å². The summed E-state index contributed by atoms with van der Waals surface area (Å²) in [6.07, 6.45) is 4.18. The van der Waals surface area contributed by atoms with E-state index in [1.54, 1.807) is 24.5 Å². The molecule has 7 heteroatoms. The predicted octanol–water partition coefficient (Wildman–Crippen LogP) is 1.23. The van der Waals surface area contributed by atoms with Gasteiger partial charge in [-0.3, -0.25) is 9.97 Å². The van der Waals surface area contributed by atoms with Gasteiger partial charge in [0.15, 0.2) is 5.84 Å². The van der Waals surface area contributed by atoms with Crippen LogP contribution in [0.5, 0.6) is 5.75 Å². The minimum absolute atomic E-state index is 0.0353. The highest BCUT2D eigenvalue weighted by Gasteiger charge is 2.05. The topological polar surface area (TPSA) is 106 Å². The van der Waals surface area contributed by atoms with Gasteiger partial charge in [0.25, 0.3) is 0 Å². The number of pyridine rings is 2. The SMILES string of the molecule is CNCCCOc1ccc(-c2cc(C(N)=NO)ccn2)nc1. The summed E-state index contributed by atoms with van der Waals surface area (Å²) in [6.45, 7) is 1.55. The van der Waals surface area contributed by atoms with Crippen LogP contribution in [0.1, 0.15) is 12.0 Å². The Bertz CT molecular complexity index is 628. The van der Waals surface area contributed by atoms with Crippen molar-refractivity contribution in [2.24, 2.45) is 10.9 Å². The molecule has 4 N–H and O–H groups in total. The van der Waals surface area contributed by atoms with Gasteiger partial charge in [-0.25, -0.2) is 0 Å². The maximum absolute atomic E-state index is 8.71. The molecule has 0 saturated carbocycles. The molecule has 0 bridgehead atoms. The first-order valence-corrected chi connectivity index (χ1v) is 6.92. The fourth-order valence-corrected chi connectivity index (χ4v) is 1.84. The third-order valence-electron chi connectivity index (χ3n) is 3.00. The number of hydrogen-bond donors (Lipinski definition) is 3. The van der Waals surface area contributed by atoms with Gasteiger partial charge in [-0.15, -0.1) is 0 Å². The van der Waals surface area contributed by atoms with Gasteiger partial charge in [-0.05, 0) is 44.3 Å². The number of rotatable bonds is 7. The van der Waals surface area contributed by atoms with E-state index in [1.165, 1.54) is 0 Å². The van der Waals surface area contributed by atoms with Crippen molar-refractivity contribution >= 4 is 5.84 Å². The number of aromatic nitrogens is 2. The Hall–Kier alpha value is -2.67. The van der Waals surface area contributed by atoms with Crippen LogP contribution >= 0.6 is 0 Å². The van der Waals surface area contributed by atoms with E-state index in [4.69, 9.17) is 15.7 Å². The van der Waals surface area contributed by atoms with E-state index < -0.39 is 0 Å². The summed E-state index contributed by atoms with van der Waals surface area (Å²) in [6, 6.07) is 7.05. The van der Waals surface area contributed by atoms with Gasteiger partial charge in [0, 0.05) is 11.8 Å². The standard InChI is InChI=1S/C15H19N5O2/c1-17-6-2-8-22-12-3-4-13(19-10-12)14-9-11(5-7-18-14)15(16)20-21/h3-5,7,9-10,17,21H,2,6,8H2,1H3,(H2,16,20). The highest BCUT2D eigenvalue weighted by atomic mass is 16.5. The Morgan fingerprint density at radius 1 is 1.32 bits per heavy atom. The van der Waals surface area contributed by atoms with Crippen LogP contribution in [-0.2, 0) is 0 Å². The van der Waals surface area contributed by atoms with Gasteiger partial charge < -0.3 is 21.0 Å². The fraction of sp³-hybridized carbons (Fsp3) is 0.267. The van der Waals surface area contributed by atoms with Crippen LogP contribution in [0, 0.1) is 0 Å². The molecule has 0 aliphatic carbocycles. The van der Waals surface area contributed by atoms with Gasteiger partial charge in [0.2, 0.25) is 0 Å². The molecule has 0 radical (unpaired) electrons. The third-order valence-corrected chi connectivity index (χ3v) is 3.00. The second-order valence-electron chi connectivity index (χ2n) is 4.60. The zero-order valence-electron chi connectivity index (χ0n) is 12.4. The minimum atomic E-state index is 0.0353. The molecular weight excluding hydrogens is 282 g/mol. The molecule has 0 fully saturated rings. The molecule has 0 saturated heterocycles. The fourth-order valence-electron chi connectivity index (χ4n) is 1.84. The molecule has 2 heterocycles. The Morgan fingerprint density at radius 2 is 2.18 bits per heavy atom. The summed E-state index contributed by atoms with van der Waals surface area (Å²) in [7, 11) is 1.91. The van der Waals surface area contributed by atoms with Crippen molar-refractivity contribution in [1.29, 1.82) is 0 Å². The molecule has 2 aromatic heterocycles. The van der Waals surface area contributed by atoms with Crippen molar-refractivity contribution in [1.82, 2.24) is 15.3 Å². The predicted molar refractivity (Wildman–Crippen MR) is 84.0 cm³/mol. The van der Waals surface area contributed by atoms with E-state index >= 15 is 0 Å². The number of ether oxygens (including phenoxy) is 1. The molecule has 116 valence electrons. The molecule has 2 rings (SSSR count). The van der Waals surface area contributed by atoms with Crippen LogP contribution in [0.25, 0.3) is 11.4 Å². The van der Waals surface area contributed by atoms with E-state index in [0.717, 1.165) is 13.0 Å². The van der Waals surface area contributed by atoms with E-state index in [0.29, 0.717) is 29.3 Å². The quantitative estimate of drug-likeness (QED) is 0.233. The molecule has 0 atom stereocenters. The van der Waals surface area contributed by atoms with Crippen molar-refractivity contribution in [3.05, 3.63) is 42.2 Å². The first kappa shape index (κ1) is 15.7. The Labute approximate surface area is 128 Å². The first-order valence-electron chi connectivity index (χ1n) is 6.92. The second kappa shape index (κ2) is 7.94. The third kappa shape index (κ3) is 4.16. The summed E-state index contributed by atoms with van der Waals surface area (Å²) in [5.74, 6) is 0.751. The van der Waals surface area contributed by atoms with E-state index in [2.05, 4.69) is 20.4 Å². The lowest BCUT2D eigenvalue weighted by Gasteiger charge is -2.07. The number of nitrogens with one attached hydrogen (secondary N) is 1. The van der Waals surface area contributed by atoms with Gasteiger partial charge >= 0.3 is 0 Å². The molecule has 0 aromatic carbocycles. The number of nitrogens with zero attached hydrogens (tertiary/aromatic N) is 3. The molecule has 0 spiro atoms. The molecular formula is C15H19N5O2. The molecule has 22 heavy (non-hydrogen) atoms. The van der Waals surface area contributed by atoms with Crippen LogP contribution < -0.4 is 15.8 Å². The van der Waals surface area contributed by atoms with Gasteiger partial charge in [-0.1, -0.05) is 5.16 Å². The van der Waals surface area contributed by atoms with Crippen molar-refractivity contribution < 1.29 is 9.94 Å². The highest BCUT2D eigenvalue weighted by molar-refractivity contribution is 5.97. The van der Waals surface area contributed by atoms with Crippen LogP contribution in [-0.4, -0.2) is 41.2 Å². The Kier molecular flexibility index (Phi) is 5.67. The lowest BCUT2D eigenvalue weighted by atomic mass is 10.1. The number of amidine groups is 1. The van der Waals surface area contributed by atoms with Crippen molar-refractivity contribution in [3.8, 4) is 17.1 Å². The van der Waals surface area contributed by atoms with Crippen LogP contribution in [0.4, 0.5) is 0 Å². The minimum Gasteiger partial charge on any atom is -0.492 e. The Balaban J connectivity index is 2.07.